The predicted molar refractivity (Wildman–Crippen MR) is 32.3 cm³/mol. The van der Waals surface area contributed by atoms with Crippen LogP contribution in [0.3, 0.4) is 0 Å². The van der Waals surface area contributed by atoms with Gasteiger partial charge in [0.05, 0.1) is 6.04 Å². The zero-order valence-corrected chi connectivity index (χ0v) is 5.45. The van der Waals surface area contributed by atoms with Gasteiger partial charge in [-0.2, -0.15) is 0 Å². The van der Waals surface area contributed by atoms with Crippen LogP contribution >= 0.6 is 0 Å². The summed E-state index contributed by atoms with van der Waals surface area (Å²) in [5.74, 6) is 0. The smallest absolute Gasteiger partial charge is 0.0623 e. The van der Waals surface area contributed by atoms with E-state index in [1.165, 1.54) is 6.42 Å². The molecule has 1 saturated carbocycles. The first-order valence-corrected chi connectivity index (χ1v) is 3.47. The molecular formula is C6H13NO2. The van der Waals surface area contributed by atoms with Crippen LogP contribution in [0.1, 0.15) is 32.1 Å². The van der Waals surface area contributed by atoms with Crippen LogP contribution in [0.2, 0.25) is 0 Å². The van der Waals surface area contributed by atoms with Gasteiger partial charge < -0.3 is 0 Å². The molecule has 0 unspecified atom stereocenters. The van der Waals surface area contributed by atoms with E-state index in [4.69, 9.17) is 10.4 Å². The first kappa shape index (κ1) is 6.99. The summed E-state index contributed by atoms with van der Waals surface area (Å²) in [4.78, 5) is 0. The molecule has 0 aromatic carbocycles. The maximum Gasteiger partial charge on any atom is 0.0623 e. The normalized spacial score (nSPS) is 23.0. The second-order valence-electron chi connectivity index (χ2n) is 2.61. The van der Waals surface area contributed by atoms with Gasteiger partial charge in [-0.15, -0.1) is 0 Å². The highest BCUT2D eigenvalue weighted by Crippen LogP contribution is 2.19. The lowest BCUT2D eigenvalue weighted by Crippen LogP contribution is -2.30. The van der Waals surface area contributed by atoms with E-state index in [1.54, 1.807) is 0 Å². The molecular weight excluding hydrogens is 118 g/mol. The molecule has 2 N–H and O–H groups in total. The minimum atomic E-state index is -0.00116. The number of hydrogen-bond acceptors (Lipinski definition) is 3. The van der Waals surface area contributed by atoms with Gasteiger partial charge in [-0.05, 0) is 12.8 Å². The third-order valence-corrected chi connectivity index (χ3v) is 1.90. The van der Waals surface area contributed by atoms with Gasteiger partial charge in [0, 0.05) is 0 Å². The van der Waals surface area contributed by atoms with Gasteiger partial charge in [-0.3, -0.25) is 10.4 Å². The molecule has 0 amide bonds. The van der Waals surface area contributed by atoms with Crippen LogP contribution in [0.15, 0.2) is 0 Å². The van der Waals surface area contributed by atoms with Crippen molar-refractivity contribution >= 4 is 0 Å². The molecule has 0 aromatic rings. The van der Waals surface area contributed by atoms with Crippen molar-refractivity contribution in [3.8, 4) is 0 Å². The predicted octanol–water partition coefficient (Wildman–Crippen LogP) is 1.40. The van der Waals surface area contributed by atoms with Crippen LogP contribution in [0.5, 0.6) is 0 Å². The summed E-state index contributed by atoms with van der Waals surface area (Å²) in [7, 11) is 0. The Hall–Kier alpha value is -0.120. The fourth-order valence-electron chi connectivity index (χ4n) is 1.31. The molecule has 9 heavy (non-hydrogen) atoms. The van der Waals surface area contributed by atoms with Crippen LogP contribution in [0.4, 0.5) is 0 Å². The average Bonchev–Trinajstić information content (AvgIpc) is 1.90. The number of rotatable bonds is 1. The third-order valence-electron chi connectivity index (χ3n) is 1.90. The van der Waals surface area contributed by atoms with E-state index < -0.39 is 0 Å². The van der Waals surface area contributed by atoms with E-state index in [1.807, 2.05) is 0 Å². The van der Waals surface area contributed by atoms with Crippen molar-refractivity contribution in [2.24, 2.45) is 0 Å². The molecule has 0 heterocycles. The molecule has 54 valence electrons. The highest BCUT2D eigenvalue weighted by molar-refractivity contribution is 4.66. The summed E-state index contributed by atoms with van der Waals surface area (Å²) in [6, 6.07) is -0.00116. The summed E-state index contributed by atoms with van der Waals surface area (Å²) in [5.41, 5.74) is 0. The van der Waals surface area contributed by atoms with Crippen molar-refractivity contribution in [2.45, 2.75) is 38.1 Å². The molecule has 1 aliphatic carbocycles. The molecule has 0 aromatic heterocycles. The third kappa shape index (κ3) is 1.93. The molecule has 0 radical (unpaired) electrons. The lowest BCUT2D eigenvalue weighted by Gasteiger charge is -2.23. The van der Waals surface area contributed by atoms with Crippen molar-refractivity contribution < 1.29 is 10.4 Å². The maximum atomic E-state index is 8.57. The van der Waals surface area contributed by atoms with Crippen LogP contribution < -0.4 is 0 Å². The summed E-state index contributed by atoms with van der Waals surface area (Å²) < 4.78 is 0. The standard InChI is InChI=1S/C6H13NO2/c8-7(9)6-4-2-1-3-5-6/h6,8-9H,1-5H2. The maximum absolute atomic E-state index is 8.57. The second-order valence-corrected chi connectivity index (χ2v) is 2.61. The Balaban J connectivity index is 2.23. The zero-order valence-electron chi connectivity index (χ0n) is 5.45. The summed E-state index contributed by atoms with van der Waals surface area (Å²) in [6.07, 6.45) is 5.34. The number of nitrogens with zero attached hydrogens (tertiary/aromatic N) is 1. The van der Waals surface area contributed by atoms with Crippen molar-refractivity contribution in [1.29, 1.82) is 0 Å². The van der Waals surface area contributed by atoms with Crippen molar-refractivity contribution in [3.63, 3.8) is 0 Å². The molecule has 0 aliphatic heterocycles. The van der Waals surface area contributed by atoms with E-state index in [9.17, 15) is 0 Å². The SMILES string of the molecule is ON(O)C1CCCCC1. The minimum Gasteiger partial charge on any atom is -0.289 e. The molecule has 1 aliphatic rings. The van der Waals surface area contributed by atoms with Crippen LogP contribution in [0, 0.1) is 0 Å². The fraction of sp³-hybridized carbons (Fsp3) is 1.00. The van der Waals surface area contributed by atoms with Crippen LogP contribution in [-0.2, 0) is 0 Å². The minimum absolute atomic E-state index is 0.00116. The Morgan fingerprint density at radius 3 is 1.89 bits per heavy atom. The van der Waals surface area contributed by atoms with Gasteiger partial charge in [-0.1, -0.05) is 24.5 Å². The number of hydroxylamine groups is 2. The van der Waals surface area contributed by atoms with Gasteiger partial charge >= 0.3 is 0 Å². The highest BCUT2D eigenvalue weighted by Gasteiger charge is 2.17. The first-order valence-electron chi connectivity index (χ1n) is 3.47. The monoisotopic (exact) mass is 131 g/mol. The Morgan fingerprint density at radius 2 is 1.56 bits per heavy atom. The fourth-order valence-corrected chi connectivity index (χ4v) is 1.31. The van der Waals surface area contributed by atoms with Crippen molar-refractivity contribution in [2.75, 3.05) is 0 Å². The zero-order chi connectivity index (χ0) is 6.69. The first-order chi connectivity index (χ1) is 4.30. The molecule has 3 nitrogen and oxygen atoms in total. The lowest BCUT2D eigenvalue weighted by atomic mass is 9.96. The molecule has 0 spiro atoms. The van der Waals surface area contributed by atoms with Gasteiger partial charge in [0.1, 0.15) is 0 Å². The molecule has 0 bridgehead atoms. The second kappa shape index (κ2) is 3.15. The molecule has 1 rings (SSSR count). The Kier molecular flexibility index (Phi) is 2.45. The van der Waals surface area contributed by atoms with Crippen molar-refractivity contribution in [1.82, 2.24) is 5.23 Å². The topological polar surface area (TPSA) is 43.7 Å². The van der Waals surface area contributed by atoms with Gasteiger partial charge in [0.2, 0.25) is 0 Å². The molecule has 3 heteroatoms. The van der Waals surface area contributed by atoms with E-state index in [2.05, 4.69) is 0 Å². The lowest BCUT2D eigenvalue weighted by molar-refractivity contribution is -0.335. The van der Waals surface area contributed by atoms with Crippen LogP contribution in [0.25, 0.3) is 0 Å². The van der Waals surface area contributed by atoms with Gasteiger partial charge in [0.25, 0.3) is 0 Å². The highest BCUT2D eigenvalue weighted by atomic mass is 16.8. The largest absolute Gasteiger partial charge is 0.289 e. The van der Waals surface area contributed by atoms with Crippen LogP contribution in [-0.4, -0.2) is 21.7 Å². The Bertz CT molecular complexity index is 79.1. The summed E-state index contributed by atoms with van der Waals surface area (Å²) in [6.45, 7) is 0. The number of hydrogen-bond donors (Lipinski definition) is 2. The van der Waals surface area contributed by atoms with E-state index >= 15 is 0 Å². The van der Waals surface area contributed by atoms with E-state index in [-0.39, 0.29) is 6.04 Å². The molecule has 0 saturated heterocycles. The van der Waals surface area contributed by atoms with E-state index in [0.29, 0.717) is 5.23 Å². The van der Waals surface area contributed by atoms with Gasteiger partial charge in [0.15, 0.2) is 0 Å². The quantitative estimate of drug-likeness (QED) is 0.528. The average molecular weight is 131 g/mol. The summed E-state index contributed by atoms with van der Waals surface area (Å²) in [5, 5.41) is 17.5. The van der Waals surface area contributed by atoms with E-state index in [0.717, 1.165) is 25.7 Å². The van der Waals surface area contributed by atoms with Crippen molar-refractivity contribution in [3.05, 3.63) is 0 Å². The Morgan fingerprint density at radius 1 is 1.00 bits per heavy atom. The Labute approximate surface area is 54.8 Å². The molecule has 0 atom stereocenters. The van der Waals surface area contributed by atoms with Gasteiger partial charge in [-0.25, -0.2) is 0 Å². The molecule has 1 fully saturated rings. The summed E-state index contributed by atoms with van der Waals surface area (Å²) >= 11 is 0.